The molecular formula is C14H14Br2FNS. The van der Waals surface area contributed by atoms with Gasteiger partial charge in [-0.25, -0.2) is 4.39 Å². The molecule has 102 valence electrons. The number of halogens is 3. The Morgan fingerprint density at radius 1 is 1.32 bits per heavy atom. The first-order valence-corrected chi connectivity index (χ1v) is 8.28. The molecule has 0 aliphatic carbocycles. The highest BCUT2D eigenvalue weighted by Crippen LogP contribution is 2.36. The van der Waals surface area contributed by atoms with Crippen LogP contribution in [0.4, 0.5) is 4.39 Å². The molecule has 0 aliphatic rings. The second kappa shape index (κ2) is 6.48. The lowest BCUT2D eigenvalue weighted by Crippen LogP contribution is -2.18. The van der Waals surface area contributed by atoms with Gasteiger partial charge in [0, 0.05) is 15.4 Å². The standard InChI is InChI=1S/C14H14Br2FNS/c1-8-3-4-10(17)5-9(8)6-12(18-2)13-7-11(15)14(16)19-13/h3-5,7,12,18H,6H2,1-2H3. The Kier molecular flexibility index (Phi) is 5.17. The van der Waals surface area contributed by atoms with Crippen molar-refractivity contribution in [3.05, 3.63) is 54.3 Å². The van der Waals surface area contributed by atoms with Gasteiger partial charge in [-0.1, -0.05) is 6.07 Å². The molecule has 0 radical (unpaired) electrons. The van der Waals surface area contributed by atoms with E-state index in [4.69, 9.17) is 0 Å². The lowest BCUT2D eigenvalue weighted by molar-refractivity contribution is 0.590. The Morgan fingerprint density at radius 2 is 2.05 bits per heavy atom. The monoisotopic (exact) mass is 405 g/mol. The molecular weight excluding hydrogens is 393 g/mol. The predicted molar refractivity (Wildman–Crippen MR) is 86.4 cm³/mol. The highest BCUT2D eigenvalue weighted by molar-refractivity contribution is 9.13. The zero-order valence-electron chi connectivity index (χ0n) is 10.6. The summed E-state index contributed by atoms with van der Waals surface area (Å²) in [6.07, 6.45) is 0.777. The first-order valence-electron chi connectivity index (χ1n) is 5.88. The minimum Gasteiger partial charge on any atom is -0.312 e. The van der Waals surface area contributed by atoms with Gasteiger partial charge in [0.25, 0.3) is 0 Å². The summed E-state index contributed by atoms with van der Waals surface area (Å²) in [5.74, 6) is -0.177. The SMILES string of the molecule is CNC(Cc1cc(F)ccc1C)c1cc(Br)c(Br)s1. The van der Waals surface area contributed by atoms with Crippen LogP contribution in [-0.4, -0.2) is 7.05 Å². The van der Waals surface area contributed by atoms with Gasteiger partial charge in [-0.05, 0) is 81.6 Å². The highest BCUT2D eigenvalue weighted by Gasteiger charge is 2.16. The predicted octanol–water partition coefficient (Wildman–Crippen LogP) is 5.22. The molecule has 1 aromatic carbocycles. The van der Waals surface area contributed by atoms with Crippen molar-refractivity contribution in [3.63, 3.8) is 0 Å². The summed E-state index contributed by atoms with van der Waals surface area (Å²) in [5.41, 5.74) is 2.16. The Balaban J connectivity index is 2.26. The maximum atomic E-state index is 13.3. The molecule has 1 heterocycles. The van der Waals surface area contributed by atoms with E-state index >= 15 is 0 Å². The van der Waals surface area contributed by atoms with Crippen LogP contribution < -0.4 is 5.32 Å². The van der Waals surface area contributed by atoms with E-state index in [0.29, 0.717) is 0 Å². The molecule has 0 bridgehead atoms. The van der Waals surface area contributed by atoms with E-state index in [-0.39, 0.29) is 11.9 Å². The molecule has 2 rings (SSSR count). The lowest BCUT2D eigenvalue weighted by Gasteiger charge is -2.16. The highest BCUT2D eigenvalue weighted by atomic mass is 79.9. The smallest absolute Gasteiger partial charge is 0.123 e. The van der Waals surface area contributed by atoms with Gasteiger partial charge in [0.15, 0.2) is 0 Å². The van der Waals surface area contributed by atoms with Crippen LogP contribution in [0.5, 0.6) is 0 Å². The molecule has 0 saturated heterocycles. The summed E-state index contributed by atoms with van der Waals surface area (Å²) in [5, 5.41) is 3.30. The zero-order valence-corrected chi connectivity index (χ0v) is 14.6. The van der Waals surface area contributed by atoms with Crippen molar-refractivity contribution in [2.75, 3.05) is 7.05 Å². The van der Waals surface area contributed by atoms with Crippen LogP contribution in [0, 0.1) is 12.7 Å². The van der Waals surface area contributed by atoms with Gasteiger partial charge in [0.1, 0.15) is 5.82 Å². The average molecular weight is 407 g/mol. The van der Waals surface area contributed by atoms with Gasteiger partial charge >= 0.3 is 0 Å². The molecule has 0 amide bonds. The quantitative estimate of drug-likeness (QED) is 0.733. The van der Waals surface area contributed by atoms with E-state index in [9.17, 15) is 4.39 Å². The third-order valence-electron chi connectivity index (χ3n) is 3.09. The molecule has 5 heteroatoms. The molecule has 0 spiro atoms. The van der Waals surface area contributed by atoms with E-state index in [1.165, 1.54) is 10.9 Å². The van der Waals surface area contributed by atoms with Crippen LogP contribution in [0.1, 0.15) is 22.0 Å². The Hall–Kier alpha value is -0.230. The summed E-state index contributed by atoms with van der Waals surface area (Å²) in [7, 11) is 1.93. The number of hydrogen-bond acceptors (Lipinski definition) is 2. The number of aryl methyl sites for hydroxylation is 1. The Labute approximate surface area is 133 Å². The van der Waals surface area contributed by atoms with Crippen LogP contribution in [0.25, 0.3) is 0 Å². The van der Waals surface area contributed by atoms with Crippen LogP contribution in [0.2, 0.25) is 0 Å². The molecule has 1 aromatic heterocycles. The molecule has 0 saturated carbocycles. The Bertz CT molecular complexity index is 563. The third kappa shape index (κ3) is 3.66. The van der Waals surface area contributed by atoms with Gasteiger partial charge in [-0.3, -0.25) is 0 Å². The van der Waals surface area contributed by atoms with Gasteiger partial charge in [0.2, 0.25) is 0 Å². The van der Waals surface area contributed by atoms with Crippen molar-refractivity contribution < 1.29 is 4.39 Å². The fourth-order valence-corrected chi connectivity index (χ4v) is 4.16. The van der Waals surface area contributed by atoms with Crippen molar-refractivity contribution in [2.45, 2.75) is 19.4 Å². The number of rotatable bonds is 4. The number of likely N-dealkylation sites (N-methyl/N-ethyl adjacent to an activating group) is 1. The van der Waals surface area contributed by atoms with Crippen LogP contribution in [0.15, 0.2) is 32.5 Å². The minimum absolute atomic E-state index is 0.177. The second-order valence-electron chi connectivity index (χ2n) is 4.39. The number of nitrogens with one attached hydrogen (secondary N) is 1. The summed E-state index contributed by atoms with van der Waals surface area (Å²) < 4.78 is 15.5. The van der Waals surface area contributed by atoms with E-state index in [1.807, 2.05) is 20.0 Å². The fraction of sp³-hybridized carbons (Fsp3) is 0.286. The Morgan fingerprint density at radius 3 is 2.63 bits per heavy atom. The molecule has 19 heavy (non-hydrogen) atoms. The maximum Gasteiger partial charge on any atom is 0.123 e. The lowest BCUT2D eigenvalue weighted by atomic mass is 10.00. The van der Waals surface area contributed by atoms with Crippen molar-refractivity contribution in [3.8, 4) is 0 Å². The molecule has 1 atom stereocenters. The second-order valence-corrected chi connectivity index (χ2v) is 7.64. The van der Waals surface area contributed by atoms with E-state index < -0.39 is 0 Å². The van der Waals surface area contributed by atoms with Crippen molar-refractivity contribution in [1.82, 2.24) is 5.32 Å². The zero-order chi connectivity index (χ0) is 14.0. The topological polar surface area (TPSA) is 12.0 Å². The number of hydrogen-bond donors (Lipinski definition) is 1. The fourth-order valence-electron chi connectivity index (χ4n) is 1.96. The summed E-state index contributed by atoms with van der Waals surface area (Å²) >= 11 is 8.70. The molecule has 0 aliphatic heterocycles. The van der Waals surface area contributed by atoms with Gasteiger partial charge < -0.3 is 5.32 Å². The first kappa shape index (κ1) is 15.2. The van der Waals surface area contributed by atoms with Crippen LogP contribution >= 0.6 is 43.2 Å². The van der Waals surface area contributed by atoms with E-state index in [1.54, 1.807) is 17.4 Å². The largest absolute Gasteiger partial charge is 0.312 e. The van der Waals surface area contributed by atoms with Gasteiger partial charge in [-0.15, -0.1) is 11.3 Å². The normalized spacial score (nSPS) is 12.7. The molecule has 1 unspecified atom stereocenters. The van der Waals surface area contributed by atoms with Crippen molar-refractivity contribution >= 4 is 43.2 Å². The van der Waals surface area contributed by atoms with Crippen molar-refractivity contribution in [1.29, 1.82) is 0 Å². The average Bonchev–Trinajstić information content (AvgIpc) is 2.70. The van der Waals surface area contributed by atoms with Crippen LogP contribution in [0.3, 0.4) is 0 Å². The summed E-state index contributed by atoms with van der Waals surface area (Å²) in [6.45, 7) is 2.02. The maximum absolute atomic E-state index is 13.3. The molecule has 0 fully saturated rings. The molecule has 2 aromatic rings. The summed E-state index contributed by atoms with van der Waals surface area (Å²) in [4.78, 5) is 1.23. The van der Waals surface area contributed by atoms with Crippen molar-refractivity contribution in [2.24, 2.45) is 0 Å². The minimum atomic E-state index is -0.177. The van der Waals surface area contributed by atoms with Crippen LogP contribution in [-0.2, 0) is 6.42 Å². The number of thiophene rings is 1. The molecule has 1 N–H and O–H groups in total. The van der Waals surface area contributed by atoms with E-state index in [2.05, 4.69) is 43.2 Å². The van der Waals surface area contributed by atoms with Gasteiger partial charge in [0.05, 0.1) is 3.79 Å². The number of benzene rings is 1. The molecule has 1 nitrogen and oxygen atoms in total. The third-order valence-corrected chi connectivity index (χ3v) is 6.46. The first-order chi connectivity index (χ1) is 9.01. The summed E-state index contributed by atoms with van der Waals surface area (Å²) in [6, 6.07) is 7.25. The van der Waals surface area contributed by atoms with Gasteiger partial charge in [-0.2, -0.15) is 0 Å². The van der Waals surface area contributed by atoms with E-state index in [0.717, 1.165) is 25.8 Å².